The Hall–Kier alpha value is -7.17. The zero-order valence-electron chi connectivity index (χ0n) is 28.6. The number of benzene rings is 7. The third kappa shape index (κ3) is 5.54. The Morgan fingerprint density at radius 2 is 0.962 bits per heavy atom. The molecule has 3 heterocycles. The SMILES string of the molecule is c1ccc(-c2cc(-c3cccc(-c4cccc(-c5cccc6oc7c8ccccc8c(-c8ccccn8)cc7c56)c4)c3)nc(-c3ccccc3)n2)cc1. The third-order valence-corrected chi connectivity index (χ3v) is 9.94. The number of rotatable bonds is 6. The summed E-state index contributed by atoms with van der Waals surface area (Å²) in [6.45, 7) is 0. The second-order valence-electron chi connectivity index (χ2n) is 13.2. The summed E-state index contributed by atoms with van der Waals surface area (Å²) in [5.41, 5.74) is 13.1. The molecule has 248 valence electrons. The normalized spacial score (nSPS) is 11.4. The summed E-state index contributed by atoms with van der Waals surface area (Å²) < 4.78 is 6.65. The Balaban J connectivity index is 1.10. The van der Waals surface area contributed by atoms with E-state index in [1.807, 2.05) is 54.7 Å². The molecule has 3 aromatic heterocycles. The van der Waals surface area contributed by atoms with Crippen LogP contribution in [0, 0.1) is 0 Å². The topological polar surface area (TPSA) is 51.8 Å². The molecule has 0 aliphatic carbocycles. The van der Waals surface area contributed by atoms with Crippen molar-refractivity contribution >= 4 is 32.7 Å². The van der Waals surface area contributed by atoms with E-state index < -0.39 is 0 Å². The van der Waals surface area contributed by atoms with E-state index >= 15 is 0 Å². The summed E-state index contributed by atoms with van der Waals surface area (Å²) >= 11 is 0. The second kappa shape index (κ2) is 12.9. The highest BCUT2D eigenvalue weighted by Gasteiger charge is 2.18. The van der Waals surface area contributed by atoms with Crippen LogP contribution in [0.4, 0.5) is 0 Å². The molecule has 53 heavy (non-hydrogen) atoms. The molecule has 0 aliphatic heterocycles. The minimum Gasteiger partial charge on any atom is -0.455 e. The first-order valence-corrected chi connectivity index (χ1v) is 17.8. The summed E-state index contributed by atoms with van der Waals surface area (Å²) in [6.07, 6.45) is 1.85. The van der Waals surface area contributed by atoms with Crippen molar-refractivity contribution in [1.82, 2.24) is 15.0 Å². The van der Waals surface area contributed by atoms with Crippen molar-refractivity contribution in [2.75, 3.05) is 0 Å². The van der Waals surface area contributed by atoms with Crippen LogP contribution in [0.1, 0.15) is 0 Å². The Morgan fingerprint density at radius 1 is 0.358 bits per heavy atom. The number of hydrogen-bond acceptors (Lipinski definition) is 4. The van der Waals surface area contributed by atoms with E-state index in [9.17, 15) is 0 Å². The van der Waals surface area contributed by atoms with E-state index in [4.69, 9.17) is 19.4 Å². The number of fused-ring (bicyclic) bond motifs is 5. The average molecular weight is 678 g/mol. The van der Waals surface area contributed by atoms with Crippen LogP contribution in [-0.2, 0) is 0 Å². The van der Waals surface area contributed by atoms with E-state index in [0.29, 0.717) is 5.82 Å². The van der Waals surface area contributed by atoms with Gasteiger partial charge in [-0.15, -0.1) is 0 Å². The number of hydrogen-bond donors (Lipinski definition) is 0. The lowest BCUT2D eigenvalue weighted by molar-refractivity contribution is 0.673. The molecule has 10 rings (SSSR count). The molecular weight excluding hydrogens is 647 g/mol. The zero-order chi connectivity index (χ0) is 35.1. The molecule has 0 unspecified atom stereocenters. The molecule has 4 nitrogen and oxygen atoms in total. The van der Waals surface area contributed by atoms with Crippen molar-refractivity contribution in [2.24, 2.45) is 0 Å². The number of aromatic nitrogens is 3. The monoisotopic (exact) mass is 677 g/mol. The molecule has 0 amide bonds. The first-order chi connectivity index (χ1) is 26.3. The quantitative estimate of drug-likeness (QED) is 0.176. The van der Waals surface area contributed by atoms with Crippen LogP contribution in [-0.4, -0.2) is 15.0 Å². The van der Waals surface area contributed by atoms with Gasteiger partial charge in [-0.2, -0.15) is 0 Å². The molecular formula is C49H31N3O. The predicted molar refractivity (Wildman–Crippen MR) is 217 cm³/mol. The summed E-state index contributed by atoms with van der Waals surface area (Å²) in [5, 5.41) is 4.37. The van der Waals surface area contributed by atoms with Crippen LogP contribution >= 0.6 is 0 Å². The highest BCUT2D eigenvalue weighted by Crippen LogP contribution is 2.43. The van der Waals surface area contributed by atoms with Crippen molar-refractivity contribution < 1.29 is 4.42 Å². The fourth-order valence-corrected chi connectivity index (χ4v) is 7.42. The molecule has 0 N–H and O–H groups in total. The molecule has 0 spiro atoms. The van der Waals surface area contributed by atoms with Gasteiger partial charge in [0.1, 0.15) is 11.2 Å². The van der Waals surface area contributed by atoms with E-state index in [1.165, 1.54) is 0 Å². The zero-order valence-corrected chi connectivity index (χ0v) is 28.6. The third-order valence-electron chi connectivity index (χ3n) is 9.94. The molecule has 7 aromatic carbocycles. The highest BCUT2D eigenvalue weighted by atomic mass is 16.3. The first kappa shape index (κ1) is 30.6. The maximum absolute atomic E-state index is 6.65. The van der Waals surface area contributed by atoms with Crippen LogP contribution < -0.4 is 0 Å². The van der Waals surface area contributed by atoms with Gasteiger partial charge < -0.3 is 4.42 Å². The number of nitrogens with zero attached hydrogens (tertiary/aromatic N) is 3. The van der Waals surface area contributed by atoms with Crippen molar-refractivity contribution in [1.29, 1.82) is 0 Å². The van der Waals surface area contributed by atoms with Gasteiger partial charge in [-0.3, -0.25) is 4.98 Å². The van der Waals surface area contributed by atoms with Crippen LogP contribution in [0.2, 0.25) is 0 Å². The summed E-state index contributed by atoms with van der Waals surface area (Å²) in [7, 11) is 0. The summed E-state index contributed by atoms with van der Waals surface area (Å²) in [6, 6.07) is 63.0. The van der Waals surface area contributed by atoms with Gasteiger partial charge in [-0.1, -0.05) is 140 Å². The predicted octanol–water partition coefficient (Wildman–Crippen LogP) is 12.9. The van der Waals surface area contributed by atoms with Crippen molar-refractivity contribution in [3.05, 3.63) is 188 Å². The molecule has 4 heteroatoms. The molecule has 0 atom stereocenters. The Bertz CT molecular complexity index is 2880. The van der Waals surface area contributed by atoms with Crippen LogP contribution in [0.5, 0.6) is 0 Å². The lowest BCUT2D eigenvalue weighted by Gasteiger charge is -2.11. The Kier molecular flexibility index (Phi) is 7.43. The largest absolute Gasteiger partial charge is 0.455 e. The van der Waals surface area contributed by atoms with Gasteiger partial charge in [0.15, 0.2) is 5.82 Å². The van der Waals surface area contributed by atoms with Gasteiger partial charge in [0.2, 0.25) is 0 Å². The number of pyridine rings is 1. The van der Waals surface area contributed by atoms with Gasteiger partial charge in [0, 0.05) is 44.6 Å². The van der Waals surface area contributed by atoms with Crippen molar-refractivity contribution in [2.45, 2.75) is 0 Å². The summed E-state index contributed by atoms with van der Waals surface area (Å²) in [4.78, 5) is 14.8. The number of furan rings is 1. The highest BCUT2D eigenvalue weighted by molar-refractivity contribution is 6.22. The van der Waals surface area contributed by atoms with E-state index in [2.05, 4.69) is 133 Å². The fraction of sp³-hybridized carbons (Fsp3) is 0. The Labute approximate surface area is 306 Å². The fourth-order valence-electron chi connectivity index (χ4n) is 7.42. The van der Waals surface area contributed by atoms with Gasteiger partial charge in [-0.25, -0.2) is 9.97 Å². The average Bonchev–Trinajstić information content (AvgIpc) is 3.63. The van der Waals surface area contributed by atoms with Gasteiger partial charge in [-0.05, 0) is 70.1 Å². The molecule has 0 saturated heterocycles. The van der Waals surface area contributed by atoms with Crippen LogP contribution in [0.25, 0.3) is 100 Å². The standard InChI is InChI=1S/C49H31N3O/c1-3-14-32(15-4-1)44-31-45(52-49(51-44)33-16-5-2-6-17-33)37-21-12-19-35(29-37)34-18-11-20-36(28-34)38-24-13-26-46-47(38)42-30-41(43-25-9-10-27-50-43)39-22-7-8-23-40(39)48(42)53-46/h1-31H. The maximum atomic E-state index is 6.65. The van der Waals surface area contributed by atoms with Gasteiger partial charge in [0.05, 0.1) is 17.1 Å². The second-order valence-corrected chi connectivity index (χ2v) is 13.2. The minimum absolute atomic E-state index is 0.703. The van der Waals surface area contributed by atoms with Crippen molar-refractivity contribution in [3.8, 4) is 67.4 Å². The van der Waals surface area contributed by atoms with Gasteiger partial charge >= 0.3 is 0 Å². The molecule has 10 aromatic rings. The first-order valence-electron chi connectivity index (χ1n) is 17.8. The lowest BCUT2D eigenvalue weighted by atomic mass is 9.93. The smallest absolute Gasteiger partial charge is 0.160 e. The van der Waals surface area contributed by atoms with Crippen LogP contribution in [0.15, 0.2) is 193 Å². The molecule has 0 fully saturated rings. The van der Waals surface area contributed by atoms with Crippen molar-refractivity contribution in [3.63, 3.8) is 0 Å². The molecule has 0 saturated carbocycles. The van der Waals surface area contributed by atoms with Crippen LogP contribution in [0.3, 0.4) is 0 Å². The molecule has 0 radical (unpaired) electrons. The summed E-state index contributed by atoms with van der Waals surface area (Å²) in [5.74, 6) is 0.703. The van der Waals surface area contributed by atoms with Gasteiger partial charge in [0.25, 0.3) is 0 Å². The molecule has 0 aliphatic rings. The maximum Gasteiger partial charge on any atom is 0.160 e. The Morgan fingerprint density at radius 3 is 1.72 bits per heavy atom. The minimum atomic E-state index is 0.703. The molecule has 0 bridgehead atoms. The van der Waals surface area contributed by atoms with E-state index in [0.717, 1.165) is 94.3 Å². The van der Waals surface area contributed by atoms with E-state index in [1.54, 1.807) is 0 Å². The van der Waals surface area contributed by atoms with E-state index in [-0.39, 0.29) is 0 Å². The lowest BCUT2D eigenvalue weighted by Crippen LogP contribution is -1.96.